The minimum atomic E-state index is 0.0853. The molecule has 0 aromatic rings. The number of ketones is 1. The lowest BCUT2D eigenvalue weighted by Gasteiger charge is -2.38. The fraction of sp³-hybridized carbons (Fsp3) is 0.833. The van der Waals surface area contributed by atoms with E-state index >= 15 is 0 Å². The van der Waals surface area contributed by atoms with E-state index in [1.165, 1.54) is 5.57 Å². The van der Waals surface area contributed by atoms with Crippen molar-refractivity contribution in [2.24, 2.45) is 29.6 Å². The zero-order chi connectivity index (χ0) is 15.1. The molecule has 0 radical (unpaired) electrons. The molecule has 0 aromatic carbocycles. The predicted octanol–water partition coefficient (Wildman–Crippen LogP) is 4.22. The second-order valence-corrected chi connectivity index (χ2v) is 7.82. The van der Waals surface area contributed by atoms with Gasteiger partial charge in [0.05, 0.1) is 12.2 Å². The zero-order valence-corrected chi connectivity index (χ0v) is 14.1. The van der Waals surface area contributed by atoms with E-state index in [0.717, 1.165) is 19.3 Å². The van der Waals surface area contributed by atoms with Crippen molar-refractivity contribution in [3.05, 3.63) is 11.6 Å². The molecular formula is C18H27ClO2. The molecule has 2 saturated heterocycles. The lowest BCUT2D eigenvalue weighted by atomic mass is 9.65. The number of allylic oxidation sites excluding steroid dienone is 1. The van der Waals surface area contributed by atoms with E-state index in [9.17, 15) is 4.79 Å². The third-order valence-corrected chi connectivity index (χ3v) is 6.24. The van der Waals surface area contributed by atoms with Crippen LogP contribution < -0.4 is 0 Å². The summed E-state index contributed by atoms with van der Waals surface area (Å²) in [4.78, 5) is 12.5. The third kappa shape index (κ3) is 2.59. The van der Waals surface area contributed by atoms with Crippen molar-refractivity contribution in [3.63, 3.8) is 0 Å². The van der Waals surface area contributed by atoms with E-state index < -0.39 is 0 Å². The highest BCUT2D eigenvalue weighted by molar-refractivity contribution is 6.17. The number of Topliss-reactive ketones (excluding diaryl/α,β-unsaturated/α-hetero) is 1. The summed E-state index contributed by atoms with van der Waals surface area (Å²) in [5.74, 6) is 3.45. The van der Waals surface area contributed by atoms with Crippen molar-refractivity contribution in [1.29, 1.82) is 0 Å². The molecule has 0 amide bonds. The van der Waals surface area contributed by atoms with Crippen molar-refractivity contribution in [2.45, 2.75) is 58.7 Å². The topological polar surface area (TPSA) is 26.3 Å². The van der Waals surface area contributed by atoms with Gasteiger partial charge in [-0.2, -0.15) is 0 Å². The van der Waals surface area contributed by atoms with Gasteiger partial charge in [-0.3, -0.25) is 4.79 Å². The average molecular weight is 311 g/mol. The number of hydrogen-bond acceptors (Lipinski definition) is 2. The van der Waals surface area contributed by atoms with Crippen LogP contribution in [0.5, 0.6) is 0 Å². The van der Waals surface area contributed by atoms with Crippen LogP contribution in [0.15, 0.2) is 11.6 Å². The molecular weight excluding hydrogens is 284 g/mol. The molecule has 0 spiro atoms. The predicted molar refractivity (Wildman–Crippen MR) is 85.4 cm³/mol. The molecule has 118 valence electrons. The van der Waals surface area contributed by atoms with Crippen molar-refractivity contribution < 1.29 is 9.53 Å². The maximum absolute atomic E-state index is 12.5. The van der Waals surface area contributed by atoms with E-state index in [0.29, 0.717) is 41.8 Å². The summed E-state index contributed by atoms with van der Waals surface area (Å²) >= 11 is 5.85. The number of fused-ring (bicyclic) bond motifs is 5. The minimum Gasteiger partial charge on any atom is -0.373 e. The summed E-state index contributed by atoms with van der Waals surface area (Å²) < 4.78 is 6.37. The largest absolute Gasteiger partial charge is 0.373 e. The second kappa shape index (κ2) is 6.04. The first-order valence-corrected chi connectivity index (χ1v) is 8.98. The molecule has 6 atom stereocenters. The third-order valence-electron chi connectivity index (χ3n) is 5.98. The van der Waals surface area contributed by atoms with Gasteiger partial charge in [0.25, 0.3) is 0 Å². The van der Waals surface area contributed by atoms with Gasteiger partial charge < -0.3 is 4.74 Å². The molecule has 0 saturated carbocycles. The average Bonchev–Trinajstić information content (AvgIpc) is 2.74. The molecule has 1 aliphatic carbocycles. The highest BCUT2D eigenvalue weighted by atomic mass is 35.5. The van der Waals surface area contributed by atoms with Crippen LogP contribution in [0.3, 0.4) is 0 Å². The number of rotatable bonds is 4. The van der Waals surface area contributed by atoms with Crippen LogP contribution in [0.25, 0.3) is 0 Å². The van der Waals surface area contributed by atoms with Crippen LogP contribution in [-0.2, 0) is 9.53 Å². The van der Waals surface area contributed by atoms with Gasteiger partial charge in [-0.05, 0) is 43.9 Å². The van der Waals surface area contributed by atoms with Gasteiger partial charge in [0, 0.05) is 24.1 Å². The molecule has 2 bridgehead atoms. The number of carbonyl (C=O) groups is 1. The van der Waals surface area contributed by atoms with E-state index in [1.54, 1.807) is 0 Å². The number of hydrogen-bond donors (Lipinski definition) is 0. The van der Waals surface area contributed by atoms with Crippen molar-refractivity contribution in [1.82, 2.24) is 0 Å². The van der Waals surface area contributed by atoms with E-state index in [4.69, 9.17) is 16.3 Å². The van der Waals surface area contributed by atoms with Crippen LogP contribution >= 0.6 is 11.6 Å². The summed E-state index contributed by atoms with van der Waals surface area (Å²) in [7, 11) is 0. The first kappa shape index (κ1) is 15.6. The SMILES string of the molecule is CC1=CC[C@H](C(C)C)[C@H]2[C@H]3O[C@H](CC(=O)[C@@H]3CCCCl)[C@@H]12. The minimum absolute atomic E-state index is 0.0853. The first-order chi connectivity index (χ1) is 10.0. The Hall–Kier alpha value is -0.340. The van der Waals surface area contributed by atoms with E-state index in [1.807, 2.05) is 0 Å². The summed E-state index contributed by atoms with van der Waals surface area (Å²) in [6.07, 6.45) is 6.25. The van der Waals surface area contributed by atoms with Gasteiger partial charge in [0.15, 0.2) is 0 Å². The number of carbonyl (C=O) groups excluding carboxylic acids is 1. The summed E-state index contributed by atoms with van der Waals surface area (Å²) in [5, 5.41) is 0. The Labute approximate surface area is 133 Å². The van der Waals surface area contributed by atoms with E-state index in [2.05, 4.69) is 26.8 Å². The number of halogens is 1. The zero-order valence-electron chi connectivity index (χ0n) is 13.3. The summed E-state index contributed by atoms with van der Waals surface area (Å²) in [6, 6.07) is 0. The first-order valence-electron chi connectivity index (χ1n) is 8.45. The maximum atomic E-state index is 12.5. The number of ether oxygens (including phenoxy) is 1. The summed E-state index contributed by atoms with van der Waals surface area (Å²) in [6.45, 7) is 6.86. The molecule has 3 heteroatoms. The number of alkyl halides is 1. The molecule has 2 fully saturated rings. The lowest BCUT2D eigenvalue weighted by molar-refractivity contribution is -0.140. The monoisotopic (exact) mass is 310 g/mol. The molecule has 0 aromatic heterocycles. The van der Waals surface area contributed by atoms with Gasteiger partial charge in [-0.1, -0.05) is 25.5 Å². The van der Waals surface area contributed by atoms with Crippen molar-refractivity contribution in [3.8, 4) is 0 Å². The van der Waals surface area contributed by atoms with Crippen LogP contribution in [0.4, 0.5) is 0 Å². The van der Waals surface area contributed by atoms with Gasteiger partial charge in [-0.25, -0.2) is 0 Å². The molecule has 2 aliphatic heterocycles. The Morgan fingerprint density at radius 1 is 1.43 bits per heavy atom. The quantitative estimate of drug-likeness (QED) is 0.574. The fourth-order valence-electron chi connectivity index (χ4n) is 4.96. The van der Waals surface area contributed by atoms with Crippen molar-refractivity contribution in [2.75, 3.05) is 5.88 Å². The maximum Gasteiger partial charge on any atom is 0.141 e. The Kier molecular flexibility index (Phi) is 4.47. The molecule has 3 aliphatic rings. The van der Waals surface area contributed by atoms with Gasteiger partial charge in [0.1, 0.15) is 5.78 Å². The molecule has 21 heavy (non-hydrogen) atoms. The van der Waals surface area contributed by atoms with Crippen LogP contribution in [-0.4, -0.2) is 23.9 Å². The normalized spacial score (nSPS) is 42.1. The highest BCUT2D eigenvalue weighted by Gasteiger charge is 2.57. The lowest BCUT2D eigenvalue weighted by Crippen LogP contribution is -2.40. The van der Waals surface area contributed by atoms with Gasteiger partial charge in [0.2, 0.25) is 0 Å². The Morgan fingerprint density at radius 2 is 2.19 bits per heavy atom. The molecule has 0 unspecified atom stereocenters. The molecule has 2 nitrogen and oxygen atoms in total. The second-order valence-electron chi connectivity index (χ2n) is 7.44. The van der Waals surface area contributed by atoms with E-state index in [-0.39, 0.29) is 18.1 Å². The molecule has 2 heterocycles. The van der Waals surface area contributed by atoms with Crippen LogP contribution in [0.2, 0.25) is 0 Å². The fourth-order valence-corrected chi connectivity index (χ4v) is 5.12. The Balaban J connectivity index is 1.91. The Bertz CT molecular complexity index is 442. The standard InChI is InChI=1S/C18H27ClO2/c1-10(2)12-7-6-11(3)16-15-9-14(20)13(5-4-8-19)18(21-15)17(12)16/h6,10,12-13,15-18H,4-5,7-9H2,1-3H3/t12-,13+,15-,16-,17-,18+/m1/s1. The van der Waals surface area contributed by atoms with Crippen LogP contribution in [0, 0.1) is 29.6 Å². The van der Waals surface area contributed by atoms with Crippen molar-refractivity contribution >= 4 is 17.4 Å². The van der Waals surface area contributed by atoms with Gasteiger partial charge >= 0.3 is 0 Å². The highest BCUT2D eigenvalue weighted by Crippen LogP contribution is 2.54. The van der Waals surface area contributed by atoms with Crippen LogP contribution in [0.1, 0.15) is 46.5 Å². The smallest absolute Gasteiger partial charge is 0.141 e. The molecule has 3 rings (SSSR count). The van der Waals surface area contributed by atoms with Gasteiger partial charge in [-0.15, -0.1) is 11.6 Å². The molecule has 0 N–H and O–H groups in total. The Morgan fingerprint density at radius 3 is 2.86 bits per heavy atom. The summed E-state index contributed by atoms with van der Waals surface area (Å²) in [5.41, 5.74) is 1.45.